The van der Waals surface area contributed by atoms with E-state index >= 15 is 0 Å². The third-order valence-electron chi connectivity index (χ3n) is 8.81. The number of carbonyl (C=O) groups excluding carboxylic acids is 1. The van der Waals surface area contributed by atoms with Gasteiger partial charge in [0.1, 0.15) is 23.1 Å². The Balaban J connectivity index is 1.52. The lowest BCUT2D eigenvalue weighted by molar-refractivity contribution is 0.0600. The van der Waals surface area contributed by atoms with Crippen LogP contribution in [-0.2, 0) is 15.8 Å². The van der Waals surface area contributed by atoms with Crippen molar-refractivity contribution < 1.29 is 27.8 Å². The lowest BCUT2D eigenvalue weighted by atomic mass is 9.76. The summed E-state index contributed by atoms with van der Waals surface area (Å²) in [7, 11) is 2.95. The van der Waals surface area contributed by atoms with Crippen molar-refractivity contribution in [3.8, 4) is 22.6 Å². The molecule has 1 heterocycles. The molecule has 0 amide bonds. The molecule has 7 rings (SSSR count). The Morgan fingerprint density at radius 2 is 1.44 bits per heavy atom. The first-order valence-corrected chi connectivity index (χ1v) is 14.0. The Morgan fingerprint density at radius 1 is 0.791 bits per heavy atom. The number of esters is 1. The maximum absolute atomic E-state index is 15.0. The van der Waals surface area contributed by atoms with Gasteiger partial charge in [0.25, 0.3) is 0 Å². The predicted molar refractivity (Wildman–Crippen MR) is 163 cm³/mol. The molecule has 4 nitrogen and oxygen atoms in total. The van der Waals surface area contributed by atoms with Gasteiger partial charge in [-0.1, -0.05) is 56.3 Å². The molecule has 0 fully saturated rings. The van der Waals surface area contributed by atoms with Gasteiger partial charge in [-0.25, -0.2) is 13.6 Å². The van der Waals surface area contributed by atoms with Gasteiger partial charge in [0.2, 0.25) is 0 Å². The zero-order valence-electron chi connectivity index (χ0n) is 24.1. The molecule has 5 aromatic rings. The topological polar surface area (TPSA) is 44.8 Å². The number of methoxy groups -OCH3 is 2. The van der Waals surface area contributed by atoms with Crippen molar-refractivity contribution in [1.29, 1.82) is 0 Å². The first-order chi connectivity index (χ1) is 20.7. The van der Waals surface area contributed by atoms with Crippen molar-refractivity contribution in [2.75, 3.05) is 14.2 Å². The minimum Gasteiger partial charge on any atom is -0.497 e. The molecule has 1 unspecified atom stereocenters. The van der Waals surface area contributed by atoms with Crippen LogP contribution in [0.4, 0.5) is 8.78 Å². The lowest BCUT2D eigenvalue weighted by Crippen LogP contribution is -2.35. The highest BCUT2D eigenvalue weighted by Gasteiger charge is 2.44. The normalized spacial score (nSPS) is 17.5. The average Bonchev–Trinajstić information content (AvgIpc) is 3.26. The fourth-order valence-electron chi connectivity index (χ4n) is 6.72. The van der Waals surface area contributed by atoms with Gasteiger partial charge in [-0.15, -0.1) is 0 Å². The molecule has 2 aliphatic rings. The van der Waals surface area contributed by atoms with Crippen LogP contribution in [0.1, 0.15) is 52.0 Å². The van der Waals surface area contributed by atoms with Crippen molar-refractivity contribution >= 4 is 22.8 Å². The predicted octanol–water partition coefficient (Wildman–Crippen LogP) is 8.57. The van der Waals surface area contributed by atoms with Crippen molar-refractivity contribution in [1.82, 2.24) is 0 Å². The number of ether oxygens (including phenoxy) is 3. The van der Waals surface area contributed by atoms with E-state index in [-0.39, 0.29) is 11.6 Å². The van der Waals surface area contributed by atoms with E-state index in [9.17, 15) is 13.6 Å². The molecule has 0 bridgehead atoms. The van der Waals surface area contributed by atoms with Crippen LogP contribution in [0.2, 0.25) is 0 Å². The largest absolute Gasteiger partial charge is 0.497 e. The molecule has 0 saturated carbocycles. The van der Waals surface area contributed by atoms with Crippen LogP contribution in [-0.4, -0.2) is 20.2 Å². The highest BCUT2D eigenvalue weighted by molar-refractivity contribution is 6.08. The van der Waals surface area contributed by atoms with Crippen LogP contribution in [0.5, 0.6) is 11.5 Å². The number of rotatable bonds is 4. The fraction of sp³-hybridized carbons (Fsp3) is 0.162. The molecule has 0 saturated heterocycles. The first kappa shape index (κ1) is 26.9. The third-order valence-corrected chi connectivity index (χ3v) is 8.81. The maximum Gasteiger partial charge on any atom is 0.337 e. The molecule has 0 radical (unpaired) electrons. The third kappa shape index (κ3) is 3.89. The van der Waals surface area contributed by atoms with Crippen molar-refractivity contribution in [2.45, 2.75) is 24.9 Å². The van der Waals surface area contributed by atoms with Gasteiger partial charge in [-0.05, 0) is 82.2 Å². The monoisotopic (exact) mass is 574 g/mol. The van der Waals surface area contributed by atoms with Crippen LogP contribution in [0.3, 0.4) is 0 Å². The summed E-state index contributed by atoms with van der Waals surface area (Å²) in [6, 6.07) is 24.3. The summed E-state index contributed by atoms with van der Waals surface area (Å²) < 4.78 is 46.9. The number of halogens is 2. The standard InChI is InChI=1S/C37H28F2O4/c1-36(2)31-20-25(39)12-16-28(31)32-27-15-11-24(38)19-30(27)34-29(33(32)36)17-18-37(43-34,23-9-13-26(41-3)14-10-23)22-7-5-21(6-8-22)35(40)42-4/h5-20H,1-4H3. The second-order valence-electron chi connectivity index (χ2n) is 11.5. The number of fused-ring (bicyclic) bond motifs is 8. The minimum atomic E-state index is -1.12. The van der Waals surface area contributed by atoms with Crippen LogP contribution < -0.4 is 9.47 Å². The summed E-state index contributed by atoms with van der Waals surface area (Å²) in [5.41, 5.74) is 4.92. The summed E-state index contributed by atoms with van der Waals surface area (Å²) >= 11 is 0. The Morgan fingerprint density at radius 3 is 2.12 bits per heavy atom. The average molecular weight is 575 g/mol. The van der Waals surface area contributed by atoms with Gasteiger partial charge in [0, 0.05) is 27.5 Å². The molecule has 0 N–H and O–H groups in total. The van der Waals surface area contributed by atoms with Crippen LogP contribution in [0, 0.1) is 11.6 Å². The first-order valence-electron chi connectivity index (χ1n) is 14.0. The summed E-state index contributed by atoms with van der Waals surface area (Å²) in [5.74, 6) is 0.0966. The molecule has 6 heteroatoms. The van der Waals surface area contributed by atoms with E-state index < -0.39 is 17.0 Å². The van der Waals surface area contributed by atoms with Crippen molar-refractivity contribution in [3.05, 3.63) is 136 Å². The second-order valence-corrected chi connectivity index (χ2v) is 11.5. The Kier molecular flexibility index (Phi) is 5.96. The highest BCUT2D eigenvalue weighted by atomic mass is 19.1. The van der Waals surface area contributed by atoms with E-state index in [1.54, 1.807) is 31.4 Å². The van der Waals surface area contributed by atoms with E-state index in [0.29, 0.717) is 22.4 Å². The summed E-state index contributed by atoms with van der Waals surface area (Å²) in [5, 5.41) is 1.45. The Labute approximate surface area is 248 Å². The van der Waals surface area contributed by atoms with Gasteiger partial charge in [-0.3, -0.25) is 0 Å². The van der Waals surface area contributed by atoms with Crippen molar-refractivity contribution in [2.24, 2.45) is 0 Å². The van der Waals surface area contributed by atoms with Gasteiger partial charge >= 0.3 is 5.97 Å². The highest BCUT2D eigenvalue weighted by Crippen LogP contribution is 2.58. The molecule has 214 valence electrons. The van der Waals surface area contributed by atoms with Crippen molar-refractivity contribution in [3.63, 3.8) is 0 Å². The number of benzene rings is 5. The van der Waals surface area contributed by atoms with Crippen LogP contribution in [0.15, 0.2) is 91.0 Å². The maximum atomic E-state index is 15.0. The quantitative estimate of drug-likeness (QED) is 0.202. The SMILES string of the molecule is COC(=O)c1ccc(C2(c3ccc(OC)cc3)C=Cc3c4c(c5ccc(F)cc5c3O2)-c2ccc(F)cc2C4(C)C)cc1. The van der Waals surface area contributed by atoms with E-state index in [1.807, 2.05) is 54.6 Å². The van der Waals surface area contributed by atoms with Gasteiger partial charge in [-0.2, -0.15) is 0 Å². The summed E-state index contributed by atoms with van der Waals surface area (Å²) in [4.78, 5) is 12.2. The molecular formula is C37H28F2O4. The zero-order valence-corrected chi connectivity index (χ0v) is 24.1. The van der Waals surface area contributed by atoms with Gasteiger partial charge < -0.3 is 14.2 Å². The molecule has 43 heavy (non-hydrogen) atoms. The number of hydrogen-bond donors (Lipinski definition) is 0. The second kappa shape index (κ2) is 9.53. The molecule has 1 atom stereocenters. The lowest BCUT2D eigenvalue weighted by Gasteiger charge is -2.38. The van der Waals surface area contributed by atoms with E-state index in [4.69, 9.17) is 14.2 Å². The van der Waals surface area contributed by atoms with Crippen LogP contribution >= 0.6 is 0 Å². The molecule has 0 aromatic heterocycles. The zero-order chi connectivity index (χ0) is 30.1. The fourth-order valence-corrected chi connectivity index (χ4v) is 6.72. The van der Waals surface area contributed by atoms with Crippen LogP contribution in [0.25, 0.3) is 28.0 Å². The van der Waals surface area contributed by atoms with Gasteiger partial charge in [0.15, 0.2) is 5.60 Å². The molecule has 1 aliphatic carbocycles. The smallest absolute Gasteiger partial charge is 0.337 e. The molecular weight excluding hydrogens is 546 g/mol. The minimum absolute atomic E-state index is 0.301. The van der Waals surface area contributed by atoms with E-state index in [0.717, 1.165) is 44.3 Å². The molecule has 1 aliphatic heterocycles. The Hall–Kier alpha value is -4.97. The Bertz CT molecular complexity index is 1970. The van der Waals surface area contributed by atoms with E-state index in [2.05, 4.69) is 13.8 Å². The molecule has 5 aromatic carbocycles. The molecule has 0 spiro atoms. The number of hydrogen-bond acceptors (Lipinski definition) is 4. The van der Waals surface area contributed by atoms with E-state index in [1.165, 1.54) is 25.3 Å². The number of carbonyl (C=O) groups is 1. The summed E-state index contributed by atoms with van der Waals surface area (Å²) in [6.45, 7) is 4.16. The van der Waals surface area contributed by atoms with Gasteiger partial charge in [0.05, 0.1) is 19.8 Å². The summed E-state index contributed by atoms with van der Waals surface area (Å²) in [6.07, 6.45) is 4.03.